The fraction of sp³-hybridized carbons (Fsp3) is 0.0714. The SMILES string of the molecule is Cc1ccc(S(=O)(=O)n2ncc3ccc(NN)cc32)cc1. The van der Waals surface area contributed by atoms with Crippen LogP contribution in [0.4, 0.5) is 5.69 Å². The van der Waals surface area contributed by atoms with Crippen molar-refractivity contribution in [2.75, 3.05) is 5.43 Å². The first kappa shape index (κ1) is 13.6. The number of fused-ring (bicyclic) bond motifs is 1. The topological polar surface area (TPSA) is 90.0 Å². The molecule has 2 aromatic carbocycles. The number of hydrogen-bond acceptors (Lipinski definition) is 5. The van der Waals surface area contributed by atoms with E-state index in [4.69, 9.17) is 5.84 Å². The second-order valence-corrected chi connectivity index (χ2v) is 6.49. The molecule has 108 valence electrons. The van der Waals surface area contributed by atoms with Crippen LogP contribution < -0.4 is 11.3 Å². The van der Waals surface area contributed by atoms with E-state index >= 15 is 0 Å². The highest BCUT2D eigenvalue weighted by Gasteiger charge is 2.20. The Morgan fingerprint density at radius 3 is 2.52 bits per heavy atom. The van der Waals surface area contributed by atoms with Gasteiger partial charge in [0.1, 0.15) is 0 Å². The van der Waals surface area contributed by atoms with Crippen molar-refractivity contribution in [2.45, 2.75) is 11.8 Å². The second-order valence-electron chi connectivity index (χ2n) is 4.72. The lowest BCUT2D eigenvalue weighted by atomic mass is 10.2. The number of aryl methyl sites for hydroxylation is 1. The molecule has 0 bridgehead atoms. The van der Waals surface area contributed by atoms with Crippen molar-refractivity contribution in [1.82, 2.24) is 9.19 Å². The Kier molecular flexibility index (Phi) is 3.15. The van der Waals surface area contributed by atoms with E-state index in [9.17, 15) is 8.42 Å². The molecule has 6 nitrogen and oxygen atoms in total. The third-order valence-corrected chi connectivity index (χ3v) is 4.87. The van der Waals surface area contributed by atoms with Gasteiger partial charge in [-0.3, -0.25) is 5.84 Å². The Hall–Kier alpha value is -2.38. The van der Waals surface area contributed by atoms with Gasteiger partial charge in [0.25, 0.3) is 10.0 Å². The molecule has 0 spiro atoms. The van der Waals surface area contributed by atoms with E-state index in [0.29, 0.717) is 11.2 Å². The molecule has 3 N–H and O–H groups in total. The highest BCUT2D eigenvalue weighted by atomic mass is 32.2. The maximum absolute atomic E-state index is 12.7. The van der Waals surface area contributed by atoms with Crippen molar-refractivity contribution in [3.8, 4) is 0 Å². The van der Waals surface area contributed by atoms with Crippen LogP contribution in [0.1, 0.15) is 5.56 Å². The molecule has 0 aliphatic carbocycles. The van der Waals surface area contributed by atoms with Crippen molar-refractivity contribution >= 4 is 26.6 Å². The fourth-order valence-electron chi connectivity index (χ4n) is 2.09. The average molecular weight is 302 g/mol. The Balaban J connectivity index is 2.21. The van der Waals surface area contributed by atoms with Crippen molar-refractivity contribution < 1.29 is 8.42 Å². The molecule has 3 rings (SSSR count). The Morgan fingerprint density at radius 2 is 1.86 bits per heavy atom. The van der Waals surface area contributed by atoms with Gasteiger partial charge in [-0.05, 0) is 37.3 Å². The summed E-state index contributed by atoms with van der Waals surface area (Å²) in [6.45, 7) is 1.90. The zero-order valence-electron chi connectivity index (χ0n) is 11.3. The Morgan fingerprint density at radius 1 is 1.14 bits per heavy atom. The molecule has 0 fully saturated rings. The van der Waals surface area contributed by atoms with Crippen LogP contribution >= 0.6 is 0 Å². The van der Waals surface area contributed by atoms with E-state index in [1.807, 2.05) is 6.92 Å². The van der Waals surface area contributed by atoms with Crippen LogP contribution in [0.2, 0.25) is 0 Å². The summed E-state index contributed by atoms with van der Waals surface area (Å²) in [5.41, 5.74) is 4.59. The molecular formula is C14H14N4O2S. The molecule has 21 heavy (non-hydrogen) atoms. The molecule has 0 aliphatic rings. The van der Waals surface area contributed by atoms with Crippen molar-refractivity contribution in [2.24, 2.45) is 5.84 Å². The summed E-state index contributed by atoms with van der Waals surface area (Å²) in [6, 6.07) is 11.8. The lowest BCUT2D eigenvalue weighted by molar-refractivity contribution is 0.582. The molecule has 0 radical (unpaired) electrons. The van der Waals surface area contributed by atoms with E-state index in [0.717, 1.165) is 15.0 Å². The first-order valence-electron chi connectivity index (χ1n) is 6.29. The van der Waals surface area contributed by atoms with Crippen LogP contribution in [0.15, 0.2) is 53.6 Å². The number of nitrogens with two attached hydrogens (primary N) is 1. The summed E-state index contributed by atoms with van der Waals surface area (Å²) in [4.78, 5) is 0.198. The van der Waals surface area contributed by atoms with E-state index in [2.05, 4.69) is 10.5 Å². The normalized spacial score (nSPS) is 11.7. The number of benzene rings is 2. The highest BCUT2D eigenvalue weighted by Crippen LogP contribution is 2.23. The zero-order chi connectivity index (χ0) is 15.0. The predicted molar refractivity (Wildman–Crippen MR) is 81.3 cm³/mol. The molecule has 0 unspecified atom stereocenters. The van der Waals surface area contributed by atoms with Gasteiger partial charge in [-0.2, -0.15) is 17.6 Å². The molecule has 1 aromatic heterocycles. The number of nitrogen functional groups attached to an aromatic ring is 1. The summed E-state index contributed by atoms with van der Waals surface area (Å²) in [7, 11) is -3.73. The maximum Gasteiger partial charge on any atom is 0.283 e. The standard InChI is InChI=1S/C14H14N4O2S/c1-10-2-6-13(7-3-10)21(19,20)18-14-8-12(17-15)5-4-11(14)9-16-18/h2-9,17H,15H2,1H3. The Labute approximate surface area is 122 Å². The second kappa shape index (κ2) is 4.87. The monoisotopic (exact) mass is 302 g/mol. The fourth-order valence-corrected chi connectivity index (χ4v) is 3.35. The number of aromatic nitrogens is 2. The van der Waals surface area contributed by atoms with Crippen molar-refractivity contribution in [1.29, 1.82) is 0 Å². The van der Waals surface area contributed by atoms with Gasteiger partial charge < -0.3 is 5.43 Å². The molecule has 0 saturated heterocycles. The van der Waals surface area contributed by atoms with E-state index in [1.165, 1.54) is 6.20 Å². The van der Waals surface area contributed by atoms with Gasteiger partial charge in [-0.15, -0.1) is 0 Å². The molecular weight excluding hydrogens is 288 g/mol. The molecule has 7 heteroatoms. The first-order chi connectivity index (χ1) is 10.0. The summed E-state index contributed by atoms with van der Waals surface area (Å²) in [6.07, 6.45) is 1.52. The van der Waals surface area contributed by atoms with Gasteiger partial charge in [0.2, 0.25) is 0 Å². The van der Waals surface area contributed by atoms with Gasteiger partial charge in [-0.1, -0.05) is 17.7 Å². The highest BCUT2D eigenvalue weighted by molar-refractivity contribution is 7.90. The number of rotatable bonds is 3. The van der Waals surface area contributed by atoms with Crippen molar-refractivity contribution in [3.63, 3.8) is 0 Å². The number of hydrazine groups is 1. The van der Waals surface area contributed by atoms with Gasteiger partial charge >= 0.3 is 0 Å². The predicted octanol–water partition coefficient (Wildman–Crippen LogP) is 1.87. The van der Waals surface area contributed by atoms with E-state index in [-0.39, 0.29) is 4.90 Å². The van der Waals surface area contributed by atoms with Crippen LogP contribution in [0, 0.1) is 6.92 Å². The van der Waals surface area contributed by atoms with Crippen LogP contribution in [0.3, 0.4) is 0 Å². The van der Waals surface area contributed by atoms with Gasteiger partial charge in [-0.25, -0.2) is 0 Å². The van der Waals surface area contributed by atoms with Crippen LogP contribution in [-0.4, -0.2) is 17.6 Å². The van der Waals surface area contributed by atoms with Gasteiger partial charge in [0.15, 0.2) is 0 Å². The summed E-state index contributed by atoms with van der Waals surface area (Å²) in [5, 5.41) is 4.73. The van der Waals surface area contributed by atoms with Crippen LogP contribution in [0.5, 0.6) is 0 Å². The number of hydrogen-bond donors (Lipinski definition) is 2. The minimum absolute atomic E-state index is 0.198. The molecule has 1 heterocycles. The smallest absolute Gasteiger partial charge is 0.283 e. The van der Waals surface area contributed by atoms with Crippen LogP contribution in [0.25, 0.3) is 10.9 Å². The summed E-state index contributed by atoms with van der Waals surface area (Å²) in [5.74, 6) is 5.37. The molecule has 3 aromatic rings. The molecule has 0 saturated carbocycles. The number of anilines is 1. The van der Waals surface area contributed by atoms with Gasteiger partial charge in [0, 0.05) is 5.39 Å². The average Bonchev–Trinajstić information content (AvgIpc) is 2.91. The largest absolute Gasteiger partial charge is 0.324 e. The summed E-state index contributed by atoms with van der Waals surface area (Å²) < 4.78 is 26.4. The number of nitrogens with one attached hydrogen (secondary N) is 1. The summed E-state index contributed by atoms with van der Waals surface area (Å²) >= 11 is 0. The zero-order valence-corrected chi connectivity index (χ0v) is 12.1. The first-order valence-corrected chi connectivity index (χ1v) is 7.73. The quantitative estimate of drug-likeness (QED) is 0.569. The molecule has 0 atom stereocenters. The lowest BCUT2D eigenvalue weighted by Gasteiger charge is -2.07. The van der Waals surface area contributed by atoms with Crippen LogP contribution in [-0.2, 0) is 10.0 Å². The molecule has 0 aliphatic heterocycles. The number of nitrogens with zero attached hydrogens (tertiary/aromatic N) is 2. The van der Waals surface area contributed by atoms with E-state index in [1.54, 1.807) is 42.5 Å². The minimum atomic E-state index is -3.73. The third kappa shape index (κ3) is 2.26. The van der Waals surface area contributed by atoms with Gasteiger partial charge in [0.05, 0.1) is 22.3 Å². The lowest BCUT2D eigenvalue weighted by Crippen LogP contribution is -2.14. The maximum atomic E-state index is 12.7. The Bertz CT molecular complexity index is 898. The van der Waals surface area contributed by atoms with Crippen molar-refractivity contribution in [3.05, 3.63) is 54.2 Å². The van der Waals surface area contributed by atoms with E-state index < -0.39 is 10.0 Å². The molecule has 0 amide bonds. The minimum Gasteiger partial charge on any atom is -0.324 e. The third-order valence-electron chi connectivity index (χ3n) is 3.25.